The molecule has 2 amide bonds. The molecule has 322 valence electrons. The summed E-state index contributed by atoms with van der Waals surface area (Å²) in [6, 6.07) is 8.08. The van der Waals surface area contributed by atoms with E-state index in [0.717, 1.165) is 0 Å². The van der Waals surface area contributed by atoms with E-state index in [1.807, 2.05) is 26.0 Å². The molecule has 0 fully saturated rings. The minimum absolute atomic E-state index is 0.114. The number of benzene rings is 2. The van der Waals surface area contributed by atoms with Crippen molar-refractivity contribution < 1.29 is 38.1 Å². The standard InChI is InChI=1S/C43H52N10O8/c1-9-45-31(19-25(4)44)37(54)48-41-46-29-21-27(39(56)58-11-3)23-33-35(29)51(41)15-12-13-16-52-36-30(47-42(52)49-38(55)32-20-26(5)50-53(32)10-2)22-28(40(57)61-43(6,7)8)24-34(36)60-18-14-17-59-33/h12-13,19-24H,9-11,14-18,44H2,1-8H3,(H,46,48,54)(H,47,49,55)/b13-12+,25-19?,45-31?. The van der Waals surface area contributed by atoms with Crippen LogP contribution in [0.25, 0.3) is 22.1 Å². The predicted octanol–water partition coefficient (Wildman–Crippen LogP) is 5.97. The number of aliphatic imine (C=N–C) groups is 1. The Hall–Kier alpha value is -6.98. The van der Waals surface area contributed by atoms with Gasteiger partial charge in [-0.3, -0.25) is 29.9 Å². The van der Waals surface area contributed by atoms with Gasteiger partial charge in [-0.15, -0.1) is 0 Å². The van der Waals surface area contributed by atoms with Crippen LogP contribution in [0.4, 0.5) is 11.9 Å². The van der Waals surface area contributed by atoms with Crippen LogP contribution in [-0.4, -0.2) is 90.3 Å². The van der Waals surface area contributed by atoms with Crippen molar-refractivity contribution in [3.63, 3.8) is 0 Å². The van der Waals surface area contributed by atoms with Crippen LogP contribution in [0.15, 0.2) is 59.2 Å². The van der Waals surface area contributed by atoms with E-state index in [9.17, 15) is 19.2 Å². The SMILES string of the molecule is CCN=C(C=C(C)N)C(=O)Nc1nc2cc(C(=O)OCC)cc3c2n1C/C=C/Cn1c(NC(=O)c2cc(C)nn2CC)nc2cc(C(=O)OC(C)(C)C)cc(c21)OCCCO3. The summed E-state index contributed by atoms with van der Waals surface area (Å²) in [6.07, 6.45) is 5.56. The predicted molar refractivity (Wildman–Crippen MR) is 230 cm³/mol. The zero-order valence-corrected chi connectivity index (χ0v) is 35.7. The van der Waals surface area contributed by atoms with E-state index in [0.29, 0.717) is 70.2 Å². The van der Waals surface area contributed by atoms with Crippen LogP contribution in [0.3, 0.4) is 0 Å². The lowest BCUT2D eigenvalue weighted by atomic mass is 10.1. The molecule has 3 aromatic heterocycles. The molecule has 18 heteroatoms. The molecular formula is C43H52N10O8. The first-order valence-electron chi connectivity index (χ1n) is 20.2. The number of hydrogen-bond donors (Lipinski definition) is 3. The second-order valence-corrected chi connectivity index (χ2v) is 15.2. The van der Waals surface area contributed by atoms with Gasteiger partial charge in [-0.05, 0) is 91.8 Å². The van der Waals surface area contributed by atoms with Crippen LogP contribution >= 0.6 is 0 Å². The van der Waals surface area contributed by atoms with Crippen molar-refractivity contribution in [2.45, 2.75) is 87.0 Å². The zero-order valence-electron chi connectivity index (χ0n) is 35.7. The van der Waals surface area contributed by atoms with E-state index in [1.165, 1.54) is 6.08 Å². The molecule has 0 atom stereocenters. The molecule has 0 saturated carbocycles. The Kier molecular flexibility index (Phi) is 13.2. The maximum Gasteiger partial charge on any atom is 0.338 e. The third-order valence-electron chi connectivity index (χ3n) is 9.12. The number of carbonyl (C=O) groups excluding carboxylic acids is 4. The van der Waals surface area contributed by atoms with Crippen LogP contribution < -0.4 is 25.8 Å². The number of rotatable bonds is 10. The number of aromatic nitrogens is 6. The normalized spacial score (nSPS) is 14.4. The number of esters is 2. The molecule has 5 aromatic rings. The highest BCUT2D eigenvalue weighted by molar-refractivity contribution is 6.47. The summed E-state index contributed by atoms with van der Waals surface area (Å²) >= 11 is 0. The summed E-state index contributed by atoms with van der Waals surface area (Å²) in [4.78, 5) is 67.8. The van der Waals surface area contributed by atoms with Gasteiger partial charge in [0.05, 0.1) is 47.7 Å². The molecule has 18 nitrogen and oxygen atoms in total. The maximum atomic E-state index is 13.8. The summed E-state index contributed by atoms with van der Waals surface area (Å²) in [5.74, 6) is -1.07. The molecule has 4 heterocycles. The fraction of sp³-hybridized carbons (Fsp3) is 0.395. The smallest absolute Gasteiger partial charge is 0.338 e. The number of nitrogens with zero attached hydrogens (tertiary/aromatic N) is 7. The molecule has 1 aliphatic heterocycles. The van der Waals surface area contributed by atoms with Gasteiger partial charge in [0.25, 0.3) is 11.8 Å². The van der Waals surface area contributed by atoms with Crippen molar-refractivity contribution >= 4 is 63.4 Å². The molecule has 1 aliphatic rings. The summed E-state index contributed by atoms with van der Waals surface area (Å²) in [5, 5.41) is 10.3. The van der Waals surface area contributed by atoms with E-state index in [-0.39, 0.29) is 61.6 Å². The number of nitrogens with two attached hydrogens (primary N) is 1. The van der Waals surface area contributed by atoms with Gasteiger partial charge in [0.1, 0.15) is 39.5 Å². The van der Waals surface area contributed by atoms with Crippen molar-refractivity contribution in [3.05, 3.63) is 76.8 Å². The molecule has 0 unspecified atom stereocenters. The number of aryl methyl sites for hydroxylation is 2. The summed E-state index contributed by atoms with van der Waals surface area (Å²) < 4.78 is 28.9. The molecule has 0 aliphatic carbocycles. The van der Waals surface area contributed by atoms with E-state index < -0.39 is 29.4 Å². The van der Waals surface area contributed by atoms with Gasteiger partial charge < -0.3 is 33.8 Å². The van der Waals surface area contributed by atoms with Gasteiger partial charge in [0.2, 0.25) is 11.9 Å². The Bertz CT molecular complexity index is 2580. The fourth-order valence-electron chi connectivity index (χ4n) is 6.67. The van der Waals surface area contributed by atoms with Crippen LogP contribution in [0.2, 0.25) is 0 Å². The van der Waals surface area contributed by atoms with Crippen molar-refractivity contribution in [3.8, 4) is 11.5 Å². The summed E-state index contributed by atoms with van der Waals surface area (Å²) in [7, 11) is 0. The third kappa shape index (κ3) is 10.1. The zero-order chi connectivity index (χ0) is 44.0. The first kappa shape index (κ1) is 43.6. The third-order valence-corrected chi connectivity index (χ3v) is 9.12. The van der Waals surface area contributed by atoms with Crippen molar-refractivity contribution in [2.75, 3.05) is 37.0 Å². The molecule has 61 heavy (non-hydrogen) atoms. The fourth-order valence-corrected chi connectivity index (χ4v) is 6.67. The number of imidazole rings is 2. The van der Waals surface area contributed by atoms with Gasteiger partial charge in [-0.25, -0.2) is 19.6 Å². The second kappa shape index (κ2) is 18.5. The van der Waals surface area contributed by atoms with Gasteiger partial charge >= 0.3 is 11.9 Å². The van der Waals surface area contributed by atoms with E-state index in [1.54, 1.807) is 85.7 Å². The highest BCUT2D eigenvalue weighted by Crippen LogP contribution is 2.34. The lowest BCUT2D eigenvalue weighted by Crippen LogP contribution is -2.24. The van der Waals surface area contributed by atoms with Crippen LogP contribution in [0.5, 0.6) is 11.5 Å². The van der Waals surface area contributed by atoms with Gasteiger partial charge in [-0.2, -0.15) is 5.10 Å². The Balaban J connectivity index is 1.48. The number of allylic oxidation sites excluding steroid dienone is 3. The second-order valence-electron chi connectivity index (χ2n) is 15.2. The molecule has 6 rings (SSSR count). The summed E-state index contributed by atoms with van der Waals surface area (Å²) in [5.41, 5.74) is 8.92. The number of nitrogens with one attached hydrogen (secondary N) is 2. The molecule has 4 N–H and O–H groups in total. The Labute approximate surface area is 352 Å². The Morgan fingerprint density at radius 2 is 1.44 bits per heavy atom. The average molecular weight is 837 g/mol. The number of carbonyl (C=O) groups is 4. The Morgan fingerprint density at radius 3 is 1.97 bits per heavy atom. The first-order chi connectivity index (χ1) is 29.1. The lowest BCUT2D eigenvalue weighted by molar-refractivity contribution is -0.110. The van der Waals surface area contributed by atoms with Crippen LogP contribution in [0, 0.1) is 6.92 Å². The minimum atomic E-state index is -0.764. The van der Waals surface area contributed by atoms with E-state index >= 15 is 0 Å². The van der Waals surface area contributed by atoms with Gasteiger partial charge in [0.15, 0.2) is 0 Å². The van der Waals surface area contributed by atoms with Crippen LogP contribution in [0.1, 0.15) is 91.8 Å². The first-order valence-corrected chi connectivity index (χ1v) is 20.2. The van der Waals surface area contributed by atoms with Crippen molar-refractivity contribution in [1.29, 1.82) is 0 Å². The molecule has 0 bridgehead atoms. The Morgan fingerprint density at radius 1 is 0.869 bits per heavy atom. The van der Waals surface area contributed by atoms with Crippen LogP contribution in [-0.2, 0) is 33.9 Å². The maximum absolute atomic E-state index is 13.8. The molecule has 2 aromatic carbocycles. The minimum Gasteiger partial charge on any atom is -0.491 e. The highest BCUT2D eigenvalue weighted by Gasteiger charge is 2.26. The van der Waals surface area contributed by atoms with E-state index in [2.05, 4.69) is 20.7 Å². The topological polar surface area (TPSA) is 221 Å². The quantitative estimate of drug-likeness (QED) is 0.0841. The highest BCUT2D eigenvalue weighted by atomic mass is 16.6. The molecular weight excluding hydrogens is 785 g/mol. The molecule has 0 radical (unpaired) electrons. The van der Waals surface area contributed by atoms with Gasteiger partial charge in [0, 0.05) is 38.3 Å². The van der Waals surface area contributed by atoms with Crippen molar-refractivity contribution in [2.24, 2.45) is 10.7 Å². The monoisotopic (exact) mass is 836 g/mol. The average Bonchev–Trinajstić information content (AvgIpc) is 3.86. The van der Waals surface area contributed by atoms with Crippen molar-refractivity contribution in [1.82, 2.24) is 28.9 Å². The summed E-state index contributed by atoms with van der Waals surface area (Å²) in [6.45, 7) is 15.8. The number of ether oxygens (including phenoxy) is 4. The van der Waals surface area contributed by atoms with E-state index in [4.69, 9.17) is 34.6 Å². The number of amides is 2. The largest absolute Gasteiger partial charge is 0.491 e. The molecule has 0 saturated heterocycles. The van der Waals surface area contributed by atoms with Gasteiger partial charge in [-0.1, -0.05) is 12.2 Å². The number of anilines is 2. The lowest BCUT2D eigenvalue weighted by Gasteiger charge is -2.20. The number of hydrogen-bond acceptors (Lipinski definition) is 13. The molecule has 0 spiro atoms.